The average Bonchev–Trinajstić information content (AvgIpc) is 3.01. The monoisotopic (exact) mass is 314 g/mol. The summed E-state index contributed by atoms with van der Waals surface area (Å²) in [5.41, 5.74) is 3.00. The molecule has 3 rings (SSSR count). The van der Waals surface area contributed by atoms with Gasteiger partial charge in [0, 0.05) is 23.0 Å². The fourth-order valence-corrected chi connectivity index (χ4v) is 8.18. The van der Waals surface area contributed by atoms with E-state index in [1.807, 2.05) is 0 Å². The normalized spacial score (nSPS) is 25.4. The number of hydrogen-bond donors (Lipinski definition) is 0. The van der Waals surface area contributed by atoms with E-state index < -0.39 is 0 Å². The molecule has 0 atom stereocenters. The summed E-state index contributed by atoms with van der Waals surface area (Å²) in [6.45, 7) is 4.76. The van der Waals surface area contributed by atoms with Crippen LogP contribution in [0.1, 0.15) is 25.0 Å². The van der Waals surface area contributed by atoms with E-state index in [0.29, 0.717) is 0 Å². The van der Waals surface area contributed by atoms with E-state index >= 15 is 0 Å². The van der Waals surface area contributed by atoms with E-state index in [-0.39, 0.29) is 8.16 Å². The number of thioether (sulfide) groups is 4. The van der Waals surface area contributed by atoms with E-state index in [0.717, 1.165) is 0 Å². The molecule has 0 amide bonds. The van der Waals surface area contributed by atoms with Crippen LogP contribution in [0.15, 0.2) is 24.3 Å². The maximum atomic E-state index is 2.46. The van der Waals surface area contributed by atoms with Crippen molar-refractivity contribution in [3.63, 3.8) is 0 Å². The molecule has 0 bridgehead atoms. The summed E-state index contributed by atoms with van der Waals surface area (Å²) < 4.78 is 0.556. The van der Waals surface area contributed by atoms with Gasteiger partial charge >= 0.3 is 0 Å². The molecule has 2 saturated heterocycles. The van der Waals surface area contributed by atoms with Gasteiger partial charge in [-0.1, -0.05) is 24.3 Å². The first kappa shape index (κ1) is 13.6. The molecule has 18 heavy (non-hydrogen) atoms. The van der Waals surface area contributed by atoms with Gasteiger partial charge in [-0.25, -0.2) is 0 Å². The second kappa shape index (κ2) is 5.19. The third kappa shape index (κ3) is 2.46. The zero-order valence-corrected chi connectivity index (χ0v) is 14.0. The van der Waals surface area contributed by atoms with Crippen molar-refractivity contribution >= 4 is 47.0 Å². The maximum Gasteiger partial charge on any atom is 0.0832 e. The molecular formula is C14H18S4. The van der Waals surface area contributed by atoms with E-state index in [1.54, 1.807) is 0 Å². The first-order valence-corrected chi connectivity index (χ1v) is 10.2. The van der Waals surface area contributed by atoms with Crippen molar-refractivity contribution in [2.75, 3.05) is 23.0 Å². The summed E-state index contributed by atoms with van der Waals surface area (Å²) >= 11 is 8.39. The molecule has 98 valence electrons. The summed E-state index contributed by atoms with van der Waals surface area (Å²) in [5, 5.41) is 0. The van der Waals surface area contributed by atoms with Crippen LogP contribution in [0.2, 0.25) is 0 Å². The number of hydrogen-bond acceptors (Lipinski definition) is 4. The molecule has 2 aliphatic heterocycles. The third-order valence-corrected chi connectivity index (χ3v) is 10.3. The summed E-state index contributed by atoms with van der Waals surface area (Å²) in [5.74, 6) is 5.14. The Morgan fingerprint density at radius 1 is 0.778 bits per heavy atom. The lowest BCUT2D eigenvalue weighted by molar-refractivity contribution is 0.978. The molecule has 0 spiro atoms. The Hall–Kier alpha value is 0.620. The quantitative estimate of drug-likeness (QED) is 0.753. The fraction of sp³-hybridized carbons (Fsp3) is 0.571. The smallest absolute Gasteiger partial charge is 0.0832 e. The molecule has 0 N–H and O–H groups in total. The maximum absolute atomic E-state index is 2.46. The number of benzene rings is 1. The van der Waals surface area contributed by atoms with Crippen LogP contribution in [-0.2, 0) is 8.16 Å². The van der Waals surface area contributed by atoms with Gasteiger partial charge in [0.25, 0.3) is 0 Å². The fourth-order valence-electron chi connectivity index (χ4n) is 2.45. The summed E-state index contributed by atoms with van der Waals surface area (Å²) in [6.07, 6.45) is 0. The lowest BCUT2D eigenvalue weighted by Gasteiger charge is -2.27. The van der Waals surface area contributed by atoms with Gasteiger partial charge < -0.3 is 0 Å². The Labute approximate surface area is 127 Å². The molecule has 0 aliphatic carbocycles. The third-order valence-electron chi connectivity index (χ3n) is 3.59. The molecule has 2 fully saturated rings. The van der Waals surface area contributed by atoms with Gasteiger partial charge in [0.2, 0.25) is 0 Å². The Kier molecular flexibility index (Phi) is 3.92. The van der Waals surface area contributed by atoms with Crippen molar-refractivity contribution in [3.05, 3.63) is 35.4 Å². The summed E-state index contributed by atoms with van der Waals surface area (Å²) in [7, 11) is 0. The van der Waals surface area contributed by atoms with E-state index in [4.69, 9.17) is 0 Å². The molecular weight excluding hydrogens is 296 g/mol. The Bertz CT molecular complexity index is 394. The highest BCUT2D eigenvalue weighted by atomic mass is 32.2. The van der Waals surface area contributed by atoms with Crippen LogP contribution in [0.4, 0.5) is 0 Å². The van der Waals surface area contributed by atoms with Crippen molar-refractivity contribution < 1.29 is 0 Å². The summed E-state index contributed by atoms with van der Waals surface area (Å²) in [6, 6.07) is 9.32. The van der Waals surface area contributed by atoms with Crippen molar-refractivity contribution in [1.82, 2.24) is 0 Å². The minimum atomic E-state index is 0.278. The van der Waals surface area contributed by atoms with Crippen LogP contribution >= 0.6 is 47.0 Å². The van der Waals surface area contributed by atoms with Gasteiger partial charge in [-0.15, -0.1) is 47.0 Å². The molecule has 1 aromatic carbocycles. The van der Waals surface area contributed by atoms with E-state index in [1.165, 1.54) is 34.1 Å². The molecule has 0 saturated carbocycles. The van der Waals surface area contributed by atoms with Gasteiger partial charge in [-0.05, 0) is 25.0 Å². The average molecular weight is 315 g/mol. The molecule has 0 radical (unpaired) electrons. The highest BCUT2D eigenvalue weighted by molar-refractivity contribution is 8.21. The van der Waals surface area contributed by atoms with Crippen LogP contribution in [0.25, 0.3) is 0 Å². The first-order valence-electron chi connectivity index (χ1n) is 6.29. The number of rotatable bonds is 2. The van der Waals surface area contributed by atoms with Gasteiger partial charge in [0.15, 0.2) is 0 Å². The standard InChI is InChI=1S/C14H18S4/c1-13(15-6-7-16-13)11-4-3-5-12(10-11)14(2)17-8-9-18-14/h3-5,10H,6-9H2,1-2H3. The molecule has 1 aromatic rings. The zero-order chi connectivity index (χ0) is 12.6. The molecule has 4 heteroatoms. The molecule has 2 heterocycles. The minimum Gasteiger partial charge on any atom is -0.139 e. The highest BCUT2D eigenvalue weighted by Crippen LogP contribution is 2.54. The van der Waals surface area contributed by atoms with Gasteiger partial charge in [0.05, 0.1) is 8.16 Å². The second-order valence-electron chi connectivity index (χ2n) is 4.87. The zero-order valence-electron chi connectivity index (χ0n) is 10.8. The van der Waals surface area contributed by atoms with Gasteiger partial charge in [0.1, 0.15) is 0 Å². The minimum absolute atomic E-state index is 0.278. The molecule has 2 aliphatic rings. The second-order valence-corrected chi connectivity index (χ2v) is 11.4. The SMILES string of the molecule is CC1(c2cccc(C3(C)SCCS3)c2)SCCS1. The highest BCUT2D eigenvalue weighted by Gasteiger charge is 2.36. The van der Waals surface area contributed by atoms with Gasteiger partial charge in [-0.3, -0.25) is 0 Å². The van der Waals surface area contributed by atoms with Crippen molar-refractivity contribution in [1.29, 1.82) is 0 Å². The van der Waals surface area contributed by atoms with E-state index in [9.17, 15) is 0 Å². The van der Waals surface area contributed by atoms with Crippen LogP contribution < -0.4 is 0 Å². The predicted molar refractivity (Wildman–Crippen MR) is 91.0 cm³/mol. The van der Waals surface area contributed by atoms with Crippen LogP contribution in [-0.4, -0.2) is 23.0 Å². The Balaban J connectivity index is 1.94. The lowest BCUT2D eigenvalue weighted by atomic mass is 10.1. The topological polar surface area (TPSA) is 0 Å². The van der Waals surface area contributed by atoms with E-state index in [2.05, 4.69) is 85.2 Å². The predicted octanol–water partition coefficient (Wildman–Crippen LogP) is 4.99. The van der Waals surface area contributed by atoms with Crippen LogP contribution in [0.3, 0.4) is 0 Å². The Morgan fingerprint density at radius 2 is 1.17 bits per heavy atom. The van der Waals surface area contributed by atoms with Gasteiger partial charge in [-0.2, -0.15) is 0 Å². The molecule has 0 unspecified atom stereocenters. The van der Waals surface area contributed by atoms with Crippen molar-refractivity contribution in [2.45, 2.75) is 22.0 Å². The van der Waals surface area contributed by atoms with Crippen LogP contribution in [0.5, 0.6) is 0 Å². The Morgan fingerprint density at radius 3 is 1.56 bits per heavy atom. The van der Waals surface area contributed by atoms with Crippen molar-refractivity contribution in [3.8, 4) is 0 Å². The van der Waals surface area contributed by atoms with Crippen molar-refractivity contribution in [2.24, 2.45) is 0 Å². The molecule has 0 aromatic heterocycles. The summed E-state index contributed by atoms with van der Waals surface area (Å²) in [4.78, 5) is 0. The first-order chi connectivity index (χ1) is 8.62. The molecule has 0 nitrogen and oxygen atoms in total. The van der Waals surface area contributed by atoms with Crippen LogP contribution in [0, 0.1) is 0 Å². The lowest BCUT2D eigenvalue weighted by Crippen LogP contribution is -2.13. The largest absolute Gasteiger partial charge is 0.139 e.